The molecule has 1 fully saturated rings. The highest BCUT2D eigenvalue weighted by atomic mass is 32.1. The third kappa shape index (κ3) is 4.83. The molecule has 0 radical (unpaired) electrons. The Morgan fingerprint density at radius 1 is 1.21 bits per heavy atom. The summed E-state index contributed by atoms with van der Waals surface area (Å²) in [5.41, 5.74) is 0.729. The quantitative estimate of drug-likeness (QED) is 0.902. The van der Waals surface area contributed by atoms with E-state index in [4.69, 9.17) is 0 Å². The molecule has 1 aliphatic heterocycles. The summed E-state index contributed by atoms with van der Waals surface area (Å²) in [7, 11) is 0. The SMILES string of the molecule is O=C(CN1CCCN(Cc2ccccc2F)CC1)Nc1nccs1. The summed E-state index contributed by atoms with van der Waals surface area (Å²) in [6.45, 7) is 4.41. The van der Waals surface area contributed by atoms with Gasteiger partial charge < -0.3 is 5.32 Å². The number of hydrogen-bond acceptors (Lipinski definition) is 5. The molecule has 7 heteroatoms. The van der Waals surface area contributed by atoms with E-state index in [1.807, 2.05) is 17.5 Å². The van der Waals surface area contributed by atoms with Crippen LogP contribution < -0.4 is 5.32 Å². The molecular weight excluding hydrogens is 327 g/mol. The van der Waals surface area contributed by atoms with Crippen molar-refractivity contribution >= 4 is 22.4 Å². The van der Waals surface area contributed by atoms with Crippen LogP contribution in [-0.2, 0) is 11.3 Å². The molecule has 1 aromatic heterocycles. The normalized spacial score (nSPS) is 16.7. The lowest BCUT2D eigenvalue weighted by atomic mass is 10.2. The Balaban J connectivity index is 1.48. The number of nitrogens with zero attached hydrogens (tertiary/aromatic N) is 3. The van der Waals surface area contributed by atoms with Crippen molar-refractivity contribution < 1.29 is 9.18 Å². The number of thiazole rings is 1. The maximum atomic E-state index is 13.8. The van der Waals surface area contributed by atoms with Gasteiger partial charge in [0.15, 0.2) is 5.13 Å². The third-order valence-electron chi connectivity index (χ3n) is 4.08. The van der Waals surface area contributed by atoms with Gasteiger partial charge >= 0.3 is 0 Å². The van der Waals surface area contributed by atoms with E-state index in [0.717, 1.165) is 38.2 Å². The second-order valence-corrected chi connectivity index (χ2v) is 6.78. The number of nitrogens with one attached hydrogen (secondary N) is 1. The van der Waals surface area contributed by atoms with Gasteiger partial charge in [0.1, 0.15) is 5.82 Å². The van der Waals surface area contributed by atoms with Gasteiger partial charge in [0.2, 0.25) is 5.91 Å². The molecule has 0 unspecified atom stereocenters. The van der Waals surface area contributed by atoms with Crippen molar-refractivity contribution in [3.8, 4) is 0 Å². The fraction of sp³-hybridized carbons (Fsp3) is 0.412. The Kier molecular flexibility index (Phi) is 5.90. The number of anilines is 1. The molecule has 0 bridgehead atoms. The molecule has 1 amide bonds. The van der Waals surface area contributed by atoms with Gasteiger partial charge in [0.25, 0.3) is 0 Å². The van der Waals surface area contributed by atoms with E-state index in [-0.39, 0.29) is 11.7 Å². The number of carbonyl (C=O) groups is 1. The molecule has 1 saturated heterocycles. The van der Waals surface area contributed by atoms with E-state index < -0.39 is 0 Å². The van der Waals surface area contributed by atoms with Crippen molar-refractivity contribution in [2.24, 2.45) is 0 Å². The fourth-order valence-corrected chi connectivity index (χ4v) is 3.40. The van der Waals surface area contributed by atoms with Crippen LogP contribution in [-0.4, -0.2) is 53.4 Å². The van der Waals surface area contributed by atoms with E-state index in [0.29, 0.717) is 18.2 Å². The highest BCUT2D eigenvalue weighted by Crippen LogP contribution is 2.13. The minimum absolute atomic E-state index is 0.0347. The molecule has 3 rings (SSSR count). The van der Waals surface area contributed by atoms with E-state index in [2.05, 4.69) is 20.1 Å². The van der Waals surface area contributed by atoms with Crippen LogP contribution in [0.15, 0.2) is 35.8 Å². The maximum Gasteiger partial charge on any atom is 0.240 e. The Morgan fingerprint density at radius 3 is 2.79 bits per heavy atom. The second kappa shape index (κ2) is 8.32. The van der Waals surface area contributed by atoms with Gasteiger partial charge in [-0.25, -0.2) is 9.37 Å². The monoisotopic (exact) mass is 348 g/mol. The van der Waals surface area contributed by atoms with Crippen molar-refractivity contribution in [1.29, 1.82) is 0 Å². The molecule has 0 spiro atoms. The van der Waals surface area contributed by atoms with Gasteiger partial charge in [-0.2, -0.15) is 0 Å². The Bertz CT molecular complexity index is 664. The van der Waals surface area contributed by atoms with Gasteiger partial charge in [-0.05, 0) is 25.6 Å². The van der Waals surface area contributed by atoms with Gasteiger partial charge in [-0.1, -0.05) is 18.2 Å². The van der Waals surface area contributed by atoms with E-state index in [1.54, 1.807) is 12.3 Å². The molecule has 0 saturated carbocycles. The summed E-state index contributed by atoms with van der Waals surface area (Å²) in [6.07, 6.45) is 2.64. The molecule has 0 atom stereocenters. The first-order valence-corrected chi connectivity index (χ1v) is 8.96. The first-order valence-electron chi connectivity index (χ1n) is 8.08. The first kappa shape index (κ1) is 17.0. The van der Waals surface area contributed by atoms with E-state index in [1.165, 1.54) is 17.4 Å². The van der Waals surface area contributed by atoms with Crippen molar-refractivity contribution in [2.75, 3.05) is 38.0 Å². The number of carbonyl (C=O) groups excluding carboxylic acids is 1. The minimum atomic E-state index is -0.151. The van der Waals surface area contributed by atoms with E-state index >= 15 is 0 Å². The van der Waals surface area contributed by atoms with Crippen LogP contribution in [0.4, 0.5) is 9.52 Å². The predicted molar refractivity (Wildman–Crippen MR) is 93.5 cm³/mol. The van der Waals surface area contributed by atoms with Gasteiger partial charge in [-0.3, -0.25) is 14.6 Å². The Labute approximate surface area is 145 Å². The molecule has 128 valence electrons. The van der Waals surface area contributed by atoms with Gasteiger partial charge in [-0.15, -0.1) is 11.3 Å². The summed E-state index contributed by atoms with van der Waals surface area (Å²) in [5.74, 6) is -0.186. The number of rotatable bonds is 5. The van der Waals surface area contributed by atoms with Crippen LogP contribution in [0, 0.1) is 5.82 Å². The lowest BCUT2D eigenvalue weighted by Gasteiger charge is -2.21. The molecule has 1 aliphatic rings. The predicted octanol–water partition coefficient (Wildman–Crippen LogP) is 2.43. The standard InChI is InChI=1S/C17H21FN4OS/c18-15-5-2-1-4-14(15)12-21-7-3-8-22(10-9-21)13-16(23)20-17-19-6-11-24-17/h1-2,4-6,11H,3,7-10,12-13H2,(H,19,20,23). The number of halogens is 1. The zero-order valence-electron chi connectivity index (χ0n) is 13.4. The zero-order chi connectivity index (χ0) is 16.8. The second-order valence-electron chi connectivity index (χ2n) is 5.88. The Hall–Kier alpha value is -1.83. The molecule has 5 nitrogen and oxygen atoms in total. The summed E-state index contributed by atoms with van der Waals surface area (Å²) in [6, 6.07) is 6.91. The highest BCUT2D eigenvalue weighted by Gasteiger charge is 2.18. The summed E-state index contributed by atoms with van der Waals surface area (Å²) in [5, 5.41) is 5.28. The number of aromatic nitrogens is 1. The first-order chi connectivity index (χ1) is 11.7. The maximum absolute atomic E-state index is 13.8. The minimum Gasteiger partial charge on any atom is -0.301 e. The molecule has 1 N–H and O–H groups in total. The summed E-state index contributed by atoms with van der Waals surface area (Å²) in [4.78, 5) is 20.5. The van der Waals surface area contributed by atoms with Crippen LogP contribution in [0.1, 0.15) is 12.0 Å². The van der Waals surface area contributed by atoms with Crippen LogP contribution in [0.5, 0.6) is 0 Å². The number of hydrogen-bond donors (Lipinski definition) is 1. The lowest BCUT2D eigenvalue weighted by molar-refractivity contribution is -0.117. The van der Waals surface area contributed by atoms with Crippen molar-refractivity contribution in [3.05, 3.63) is 47.2 Å². The van der Waals surface area contributed by atoms with Gasteiger partial charge in [0, 0.05) is 36.8 Å². The number of amides is 1. The largest absolute Gasteiger partial charge is 0.301 e. The van der Waals surface area contributed by atoms with Crippen molar-refractivity contribution in [3.63, 3.8) is 0 Å². The molecular formula is C17H21FN4OS. The average Bonchev–Trinajstić information content (AvgIpc) is 2.97. The highest BCUT2D eigenvalue weighted by molar-refractivity contribution is 7.13. The van der Waals surface area contributed by atoms with Crippen molar-refractivity contribution in [1.82, 2.24) is 14.8 Å². The average molecular weight is 348 g/mol. The van der Waals surface area contributed by atoms with Crippen molar-refractivity contribution in [2.45, 2.75) is 13.0 Å². The zero-order valence-corrected chi connectivity index (χ0v) is 14.3. The van der Waals surface area contributed by atoms with Crippen LogP contribution >= 0.6 is 11.3 Å². The van der Waals surface area contributed by atoms with Crippen LogP contribution in [0.2, 0.25) is 0 Å². The lowest BCUT2D eigenvalue weighted by Crippen LogP contribution is -2.36. The number of benzene rings is 1. The fourth-order valence-electron chi connectivity index (χ4n) is 2.86. The van der Waals surface area contributed by atoms with Crippen LogP contribution in [0.3, 0.4) is 0 Å². The molecule has 24 heavy (non-hydrogen) atoms. The molecule has 0 aliphatic carbocycles. The smallest absolute Gasteiger partial charge is 0.240 e. The topological polar surface area (TPSA) is 48.5 Å². The van der Waals surface area contributed by atoms with Gasteiger partial charge in [0.05, 0.1) is 6.54 Å². The molecule has 2 heterocycles. The Morgan fingerprint density at radius 2 is 2.00 bits per heavy atom. The summed E-state index contributed by atoms with van der Waals surface area (Å²) >= 11 is 1.42. The molecule has 1 aromatic carbocycles. The molecule has 2 aromatic rings. The van der Waals surface area contributed by atoms with Crippen LogP contribution in [0.25, 0.3) is 0 Å². The van der Waals surface area contributed by atoms with E-state index in [9.17, 15) is 9.18 Å². The third-order valence-corrected chi connectivity index (χ3v) is 4.77. The summed E-state index contributed by atoms with van der Waals surface area (Å²) < 4.78 is 13.8.